The first kappa shape index (κ1) is 19.3. The van der Waals surface area contributed by atoms with Crippen LogP contribution in [0.3, 0.4) is 0 Å². The predicted octanol–water partition coefficient (Wildman–Crippen LogP) is 0.284. The molecule has 0 radical (unpaired) electrons. The van der Waals surface area contributed by atoms with E-state index in [4.69, 9.17) is 21.6 Å². The lowest BCUT2D eigenvalue weighted by atomic mass is 10.1. The molecule has 3 rings (SSSR count). The van der Waals surface area contributed by atoms with Gasteiger partial charge in [0.25, 0.3) is 11.8 Å². The summed E-state index contributed by atoms with van der Waals surface area (Å²) < 4.78 is 5.37. The van der Waals surface area contributed by atoms with Crippen LogP contribution in [0.1, 0.15) is 5.56 Å². The lowest BCUT2D eigenvalue weighted by Gasteiger charge is -2.34. The zero-order valence-electron chi connectivity index (χ0n) is 15.0. The number of anilines is 3. The van der Waals surface area contributed by atoms with E-state index in [1.165, 1.54) is 4.90 Å². The van der Waals surface area contributed by atoms with Crippen LogP contribution in [0, 0.1) is 5.41 Å². The van der Waals surface area contributed by atoms with E-state index in [-0.39, 0.29) is 12.4 Å². The summed E-state index contributed by atoms with van der Waals surface area (Å²) in [6.45, 7) is 0.461. The number of nitrogens with one attached hydrogen (secondary N) is 2. The van der Waals surface area contributed by atoms with Crippen molar-refractivity contribution in [3.05, 3.63) is 54.1 Å². The highest BCUT2D eigenvalue weighted by Gasteiger charge is 2.39. The average Bonchev–Trinajstić information content (AvgIpc) is 2.68. The highest BCUT2D eigenvalue weighted by atomic mass is 16.5. The van der Waals surface area contributed by atoms with Gasteiger partial charge in [-0.05, 0) is 42.5 Å². The van der Waals surface area contributed by atoms with Crippen LogP contribution in [-0.2, 0) is 14.3 Å². The molecule has 1 heterocycles. The summed E-state index contributed by atoms with van der Waals surface area (Å²) in [6.07, 6.45) is -3.02. The van der Waals surface area contributed by atoms with Crippen molar-refractivity contribution in [3.8, 4) is 0 Å². The predicted molar refractivity (Wildman–Crippen MR) is 105 cm³/mol. The number of rotatable bonds is 5. The zero-order chi connectivity index (χ0) is 20.3. The fourth-order valence-corrected chi connectivity index (χ4v) is 2.87. The molecule has 28 heavy (non-hydrogen) atoms. The minimum Gasteiger partial charge on any atom is -0.399 e. The lowest BCUT2D eigenvalue weighted by molar-refractivity contribution is -0.150. The fraction of sp³-hybridized carbons (Fsp3) is 0.211. The molecule has 9 heteroatoms. The minimum atomic E-state index is -1.69. The largest absolute Gasteiger partial charge is 0.399 e. The second-order valence-electron chi connectivity index (χ2n) is 6.30. The van der Waals surface area contributed by atoms with Gasteiger partial charge in [0, 0.05) is 29.2 Å². The summed E-state index contributed by atoms with van der Waals surface area (Å²) in [5, 5.41) is 20.3. The van der Waals surface area contributed by atoms with Gasteiger partial charge in [-0.15, -0.1) is 0 Å². The number of amides is 2. The summed E-state index contributed by atoms with van der Waals surface area (Å²) in [5.74, 6) is -1.39. The Labute approximate surface area is 161 Å². The maximum Gasteiger partial charge on any atom is 0.259 e. The molecule has 1 aliphatic rings. The van der Waals surface area contributed by atoms with Gasteiger partial charge >= 0.3 is 0 Å². The quantitative estimate of drug-likeness (QED) is 0.284. The van der Waals surface area contributed by atoms with E-state index in [2.05, 4.69) is 5.32 Å². The Morgan fingerprint density at radius 1 is 1.29 bits per heavy atom. The first-order chi connectivity index (χ1) is 13.4. The Kier molecular flexibility index (Phi) is 5.57. The van der Waals surface area contributed by atoms with Crippen LogP contribution < -0.4 is 21.7 Å². The lowest BCUT2D eigenvalue weighted by Crippen LogP contribution is -2.55. The van der Waals surface area contributed by atoms with Gasteiger partial charge in [-0.1, -0.05) is 6.07 Å². The Balaban J connectivity index is 1.70. The van der Waals surface area contributed by atoms with Gasteiger partial charge in [0.1, 0.15) is 5.84 Å². The Hall–Kier alpha value is -3.43. The Morgan fingerprint density at radius 2 is 2.00 bits per heavy atom. The number of hydrogen-bond donors (Lipinski definition) is 5. The van der Waals surface area contributed by atoms with Crippen molar-refractivity contribution in [1.82, 2.24) is 0 Å². The average molecular weight is 383 g/mol. The SMILES string of the molecule is N=C(N)c1ccc(NC(=O)C(O)[C@H]2OCCN(c3cccc(N)c3)C2=O)cc1. The molecule has 2 aromatic carbocycles. The number of nitrogen functional groups attached to an aromatic ring is 2. The molecule has 0 spiro atoms. The first-order valence-corrected chi connectivity index (χ1v) is 8.59. The topological polar surface area (TPSA) is 155 Å². The number of hydrogen-bond acceptors (Lipinski definition) is 6. The maximum atomic E-state index is 12.7. The summed E-state index contributed by atoms with van der Waals surface area (Å²) in [6, 6.07) is 13.0. The van der Waals surface area contributed by atoms with Gasteiger partial charge in [0.2, 0.25) is 0 Å². The molecule has 0 saturated carbocycles. The van der Waals surface area contributed by atoms with Crippen LogP contribution >= 0.6 is 0 Å². The third kappa shape index (κ3) is 4.11. The van der Waals surface area contributed by atoms with E-state index in [0.717, 1.165) is 0 Å². The van der Waals surface area contributed by atoms with Crippen molar-refractivity contribution in [2.75, 3.05) is 29.1 Å². The number of aliphatic hydroxyl groups is 1. The molecule has 0 aliphatic carbocycles. The van der Waals surface area contributed by atoms with Crippen LogP contribution in [0.15, 0.2) is 48.5 Å². The number of carbonyl (C=O) groups excluding carboxylic acids is 2. The first-order valence-electron chi connectivity index (χ1n) is 8.59. The number of benzene rings is 2. The molecule has 0 aromatic heterocycles. The molecule has 146 valence electrons. The smallest absolute Gasteiger partial charge is 0.259 e. The summed E-state index contributed by atoms with van der Waals surface area (Å²) in [7, 11) is 0. The van der Waals surface area contributed by atoms with Gasteiger partial charge in [-0.3, -0.25) is 15.0 Å². The van der Waals surface area contributed by atoms with Crippen LogP contribution in [0.4, 0.5) is 17.1 Å². The van der Waals surface area contributed by atoms with Crippen LogP contribution in [0.5, 0.6) is 0 Å². The second kappa shape index (κ2) is 8.07. The molecule has 2 aromatic rings. The van der Waals surface area contributed by atoms with E-state index in [9.17, 15) is 14.7 Å². The van der Waals surface area contributed by atoms with Gasteiger partial charge in [-0.25, -0.2) is 0 Å². The molecule has 1 fully saturated rings. The van der Waals surface area contributed by atoms with Gasteiger partial charge in [0.15, 0.2) is 12.2 Å². The maximum absolute atomic E-state index is 12.7. The van der Waals surface area contributed by atoms with E-state index < -0.39 is 24.0 Å². The number of amidine groups is 1. The van der Waals surface area contributed by atoms with Gasteiger partial charge in [-0.2, -0.15) is 0 Å². The number of ether oxygens (including phenoxy) is 1. The molecule has 1 aliphatic heterocycles. The summed E-state index contributed by atoms with van der Waals surface area (Å²) in [5.41, 5.74) is 13.1. The Bertz CT molecular complexity index is 899. The molecule has 1 saturated heterocycles. The third-order valence-electron chi connectivity index (χ3n) is 4.32. The van der Waals surface area contributed by atoms with Crippen molar-refractivity contribution < 1.29 is 19.4 Å². The van der Waals surface area contributed by atoms with E-state index >= 15 is 0 Å². The Morgan fingerprint density at radius 3 is 2.64 bits per heavy atom. The molecule has 7 N–H and O–H groups in total. The standard InChI is InChI=1S/C19H21N5O4/c20-12-2-1-3-14(10-12)24-8-9-28-16(19(24)27)15(25)18(26)23-13-6-4-11(5-7-13)17(21)22/h1-7,10,15-16,25H,8-9,20H2,(H3,21,22)(H,23,26)/t15?,16-/m1/s1. The van der Waals surface area contributed by atoms with E-state index in [1.54, 1.807) is 48.5 Å². The summed E-state index contributed by atoms with van der Waals surface area (Å²) in [4.78, 5) is 26.5. The molecule has 9 nitrogen and oxygen atoms in total. The van der Waals surface area contributed by atoms with Crippen molar-refractivity contribution in [1.29, 1.82) is 5.41 Å². The summed E-state index contributed by atoms with van der Waals surface area (Å²) >= 11 is 0. The minimum absolute atomic E-state index is 0.0965. The normalized spacial score (nSPS) is 17.8. The fourth-order valence-electron chi connectivity index (χ4n) is 2.87. The van der Waals surface area contributed by atoms with Crippen LogP contribution in [0.25, 0.3) is 0 Å². The molecular formula is C19H21N5O4. The van der Waals surface area contributed by atoms with Crippen molar-refractivity contribution in [2.45, 2.75) is 12.2 Å². The number of carbonyl (C=O) groups is 2. The number of nitrogens with two attached hydrogens (primary N) is 2. The highest BCUT2D eigenvalue weighted by Crippen LogP contribution is 2.22. The monoisotopic (exact) mass is 383 g/mol. The molecule has 2 amide bonds. The van der Waals surface area contributed by atoms with Crippen LogP contribution in [0.2, 0.25) is 0 Å². The molecule has 2 atom stereocenters. The number of nitrogens with zero attached hydrogens (tertiary/aromatic N) is 1. The molecule has 0 bridgehead atoms. The highest BCUT2D eigenvalue weighted by molar-refractivity contribution is 6.04. The van der Waals surface area contributed by atoms with E-state index in [1.807, 2.05) is 0 Å². The van der Waals surface area contributed by atoms with Crippen molar-refractivity contribution in [3.63, 3.8) is 0 Å². The van der Waals surface area contributed by atoms with Crippen LogP contribution in [-0.4, -0.2) is 48.1 Å². The molecular weight excluding hydrogens is 362 g/mol. The van der Waals surface area contributed by atoms with E-state index in [0.29, 0.717) is 29.2 Å². The third-order valence-corrected chi connectivity index (χ3v) is 4.32. The zero-order valence-corrected chi connectivity index (χ0v) is 15.0. The molecule has 1 unspecified atom stereocenters. The van der Waals surface area contributed by atoms with Crippen molar-refractivity contribution in [2.24, 2.45) is 5.73 Å². The van der Waals surface area contributed by atoms with Gasteiger partial charge < -0.3 is 31.5 Å². The van der Waals surface area contributed by atoms with Crippen molar-refractivity contribution >= 4 is 34.7 Å². The van der Waals surface area contributed by atoms with Gasteiger partial charge in [0.05, 0.1) is 6.61 Å². The second-order valence-corrected chi connectivity index (χ2v) is 6.30. The number of aliphatic hydroxyl groups excluding tert-OH is 1. The number of morpholine rings is 1.